The quantitative estimate of drug-likeness (QED) is 0.504. The van der Waals surface area contributed by atoms with E-state index in [4.69, 9.17) is 4.74 Å². The Labute approximate surface area is 160 Å². The van der Waals surface area contributed by atoms with Gasteiger partial charge in [0.1, 0.15) is 12.4 Å². The highest BCUT2D eigenvalue weighted by molar-refractivity contribution is 5.57. The minimum atomic E-state index is 0.541. The summed E-state index contributed by atoms with van der Waals surface area (Å²) in [6.45, 7) is 3.59. The summed E-state index contributed by atoms with van der Waals surface area (Å²) < 4.78 is 5.80. The van der Waals surface area contributed by atoms with Crippen molar-refractivity contribution in [2.24, 2.45) is 0 Å². The van der Waals surface area contributed by atoms with Crippen LogP contribution in [0.15, 0.2) is 60.8 Å². The lowest BCUT2D eigenvalue weighted by Crippen LogP contribution is -2.07. The van der Waals surface area contributed by atoms with Gasteiger partial charge in [0.15, 0.2) is 5.82 Å². The Hall–Kier alpha value is -3.15. The number of nitrogens with one attached hydrogen (secondary N) is 2. The second-order valence-electron chi connectivity index (χ2n) is 6.22. The van der Waals surface area contributed by atoms with Crippen molar-refractivity contribution in [3.63, 3.8) is 0 Å². The summed E-state index contributed by atoms with van der Waals surface area (Å²) in [6, 6.07) is 17.9. The first kappa shape index (κ1) is 18.6. The number of benzene rings is 2. The molecule has 0 aliphatic heterocycles. The van der Waals surface area contributed by atoms with Gasteiger partial charge >= 0.3 is 0 Å². The zero-order valence-corrected chi connectivity index (χ0v) is 15.6. The molecule has 3 rings (SSSR count). The molecule has 27 heavy (non-hydrogen) atoms. The minimum absolute atomic E-state index is 0.541. The third kappa shape index (κ3) is 6.26. The van der Waals surface area contributed by atoms with Crippen molar-refractivity contribution < 1.29 is 4.74 Å². The third-order valence-electron chi connectivity index (χ3n) is 4.00. The van der Waals surface area contributed by atoms with Crippen molar-refractivity contribution in [1.29, 1.82) is 0 Å². The van der Waals surface area contributed by atoms with Crippen molar-refractivity contribution in [3.05, 3.63) is 66.4 Å². The van der Waals surface area contributed by atoms with Gasteiger partial charge in [-0.15, -0.1) is 5.10 Å². The monoisotopic (exact) mass is 363 g/mol. The van der Waals surface area contributed by atoms with E-state index in [-0.39, 0.29) is 0 Å². The number of unbranched alkanes of at least 4 members (excludes halogenated alkanes) is 2. The predicted molar refractivity (Wildman–Crippen MR) is 108 cm³/mol. The molecule has 0 spiro atoms. The molecule has 0 unspecified atom stereocenters. The maximum absolute atomic E-state index is 5.80. The Bertz CT molecular complexity index is 808. The van der Waals surface area contributed by atoms with Gasteiger partial charge in [0.25, 0.3) is 0 Å². The highest BCUT2D eigenvalue weighted by Crippen LogP contribution is 2.20. The van der Waals surface area contributed by atoms with E-state index in [9.17, 15) is 0 Å². The Morgan fingerprint density at radius 3 is 2.56 bits per heavy atom. The summed E-state index contributed by atoms with van der Waals surface area (Å²) in [5.41, 5.74) is 2.06. The summed E-state index contributed by atoms with van der Waals surface area (Å²) in [5, 5.41) is 14.5. The second-order valence-corrected chi connectivity index (χ2v) is 6.22. The average Bonchev–Trinajstić information content (AvgIpc) is 2.72. The summed E-state index contributed by atoms with van der Waals surface area (Å²) in [6.07, 6.45) is 5.09. The van der Waals surface area contributed by atoms with Gasteiger partial charge in [-0.05, 0) is 36.2 Å². The topological polar surface area (TPSA) is 72.0 Å². The Morgan fingerprint density at radius 1 is 0.963 bits per heavy atom. The molecule has 2 N–H and O–H groups in total. The van der Waals surface area contributed by atoms with Gasteiger partial charge in [-0.1, -0.05) is 50.1 Å². The zero-order chi connectivity index (χ0) is 18.7. The first-order valence-electron chi connectivity index (χ1n) is 9.31. The van der Waals surface area contributed by atoms with Gasteiger partial charge in [-0.2, -0.15) is 10.1 Å². The lowest BCUT2D eigenvalue weighted by molar-refractivity contribution is 0.306. The molecular formula is C21H25N5O. The smallest absolute Gasteiger partial charge is 0.244 e. The zero-order valence-electron chi connectivity index (χ0n) is 15.6. The molecule has 2 aromatic carbocycles. The number of anilines is 3. The van der Waals surface area contributed by atoms with Gasteiger partial charge in [-0.25, -0.2) is 0 Å². The molecule has 0 radical (unpaired) electrons. The van der Waals surface area contributed by atoms with Gasteiger partial charge < -0.3 is 15.4 Å². The first-order valence-corrected chi connectivity index (χ1v) is 9.31. The van der Waals surface area contributed by atoms with E-state index >= 15 is 0 Å². The fourth-order valence-corrected chi connectivity index (χ4v) is 2.54. The fraction of sp³-hybridized carbons (Fsp3) is 0.286. The third-order valence-corrected chi connectivity index (χ3v) is 4.00. The van der Waals surface area contributed by atoms with Gasteiger partial charge in [-0.3, -0.25) is 0 Å². The molecule has 1 aromatic heterocycles. The summed E-state index contributed by atoms with van der Waals surface area (Å²) in [5.74, 6) is 2.02. The number of rotatable bonds is 10. The van der Waals surface area contributed by atoms with Crippen LogP contribution in [0.2, 0.25) is 0 Å². The summed E-state index contributed by atoms with van der Waals surface area (Å²) >= 11 is 0. The van der Waals surface area contributed by atoms with Gasteiger partial charge in [0.2, 0.25) is 5.95 Å². The average molecular weight is 363 g/mol. The van der Waals surface area contributed by atoms with E-state index in [1.54, 1.807) is 6.20 Å². The molecule has 3 aromatic rings. The maximum Gasteiger partial charge on any atom is 0.244 e. The standard InChI is InChI=1S/C21H25N5O/c1-2-3-7-14-22-21-25-20(15-23-26-21)24-18-10-12-19(13-11-18)27-16-17-8-5-4-6-9-17/h4-6,8-13,15H,2-3,7,14,16H2,1H3,(H2,22,24,25,26). The first-order chi connectivity index (χ1) is 13.3. The Kier molecular flexibility index (Phi) is 6.98. The Balaban J connectivity index is 1.52. The molecule has 6 heteroatoms. The van der Waals surface area contributed by atoms with Crippen LogP contribution in [0.4, 0.5) is 17.5 Å². The molecule has 0 aliphatic rings. The molecule has 0 fully saturated rings. The lowest BCUT2D eigenvalue weighted by atomic mass is 10.2. The van der Waals surface area contributed by atoms with Crippen molar-refractivity contribution >= 4 is 17.5 Å². The molecule has 6 nitrogen and oxygen atoms in total. The fourth-order valence-electron chi connectivity index (χ4n) is 2.54. The molecule has 140 valence electrons. The van der Waals surface area contributed by atoms with E-state index in [1.165, 1.54) is 12.8 Å². The number of ether oxygens (including phenoxy) is 1. The van der Waals surface area contributed by atoms with Crippen LogP contribution in [0.25, 0.3) is 0 Å². The van der Waals surface area contributed by atoms with Crippen molar-refractivity contribution in [2.45, 2.75) is 32.8 Å². The van der Waals surface area contributed by atoms with E-state index in [2.05, 4.69) is 32.7 Å². The number of hydrogen-bond acceptors (Lipinski definition) is 6. The number of aromatic nitrogens is 3. The molecule has 0 amide bonds. The van der Waals surface area contributed by atoms with Crippen LogP contribution in [-0.4, -0.2) is 21.7 Å². The summed E-state index contributed by atoms with van der Waals surface area (Å²) in [4.78, 5) is 4.44. The van der Waals surface area contributed by atoms with Crippen LogP contribution in [0.5, 0.6) is 5.75 Å². The van der Waals surface area contributed by atoms with Crippen molar-refractivity contribution in [2.75, 3.05) is 17.2 Å². The van der Waals surface area contributed by atoms with Crippen molar-refractivity contribution in [3.8, 4) is 5.75 Å². The predicted octanol–water partition coefficient (Wildman–Crippen LogP) is 4.80. The van der Waals surface area contributed by atoms with Gasteiger partial charge in [0, 0.05) is 12.2 Å². The van der Waals surface area contributed by atoms with Crippen LogP contribution >= 0.6 is 0 Å². The van der Waals surface area contributed by atoms with Crippen LogP contribution in [-0.2, 0) is 6.61 Å². The van der Waals surface area contributed by atoms with E-state index in [0.29, 0.717) is 18.4 Å². The highest BCUT2D eigenvalue weighted by Gasteiger charge is 2.02. The number of nitrogens with zero attached hydrogens (tertiary/aromatic N) is 3. The number of hydrogen-bond donors (Lipinski definition) is 2. The lowest BCUT2D eigenvalue weighted by Gasteiger charge is -2.09. The molecule has 0 bridgehead atoms. The normalized spacial score (nSPS) is 10.4. The second kappa shape index (κ2) is 10.1. The Morgan fingerprint density at radius 2 is 1.78 bits per heavy atom. The highest BCUT2D eigenvalue weighted by atomic mass is 16.5. The van der Waals surface area contributed by atoms with E-state index < -0.39 is 0 Å². The largest absolute Gasteiger partial charge is 0.489 e. The van der Waals surface area contributed by atoms with E-state index in [1.807, 2.05) is 54.6 Å². The SMILES string of the molecule is CCCCCNc1nncc(Nc2ccc(OCc3ccccc3)cc2)n1. The minimum Gasteiger partial charge on any atom is -0.489 e. The maximum atomic E-state index is 5.80. The molecule has 1 heterocycles. The van der Waals surface area contributed by atoms with E-state index in [0.717, 1.165) is 30.0 Å². The van der Waals surface area contributed by atoms with Crippen molar-refractivity contribution in [1.82, 2.24) is 15.2 Å². The van der Waals surface area contributed by atoms with Crippen LogP contribution in [0.3, 0.4) is 0 Å². The molecule has 0 aliphatic carbocycles. The molecule has 0 saturated heterocycles. The van der Waals surface area contributed by atoms with Crippen LogP contribution in [0.1, 0.15) is 31.7 Å². The summed E-state index contributed by atoms with van der Waals surface area (Å²) in [7, 11) is 0. The van der Waals surface area contributed by atoms with Gasteiger partial charge in [0.05, 0.1) is 6.20 Å². The molecule has 0 saturated carbocycles. The molecular weight excluding hydrogens is 338 g/mol. The van der Waals surface area contributed by atoms with Crippen LogP contribution in [0, 0.1) is 0 Å². The van der Waals surface area contributed by atoms with Crippen LogP contribution < -0.4 is 15.4 Å². The molecule has 0 atom stereocenters.